The van der Waals surface area contributed by atoms with Crippen molar-refractivity contribution in [2.45, 2.75) is 13.0 Å². The molecule has 0 bridgehead atoms. The van der Waals surface area contributed by atoms with E-state index in [9.17, 15) is 4.39 Å². The smallest absolute Gasteiger partial charge is 0.124 e. The lowest BCUT2D eigenvalue weighted by Crippen LogP contribution is -2.32. The van der Waals surface area contributed by atoms with E-state index in [0.29, 0.717) is 0 Å². The number of rotatable bonds is 4. The van der Waals surface area contributed by atoms with E-state index in [4.69, 9.17) is 5.11 Å². The Morgan fingerprint density at radius 2 is 1.84 bits per heavy atom. The van der Waals surface area contributed by atoms with E-state index in [0.717, 1.165) is 55.7 Å². The SMILES string of the molecule is OCCN1CCCN(Cc2cc(F)cc(Br)c2)CC1. The normalized spacial score (nSPS) is 18.5. The van der Waals surface area contributed by atoms with Gasteiger partial charge in [-0.05, 0) is 43.3 Å². The van der Waals surface area contributed by atoms with Gasteiger partial charge in [0.2, 0.25) is 0 Å². The van der Waals surface area contributed by atoms with Crippen molar-refractivity contribution in [2.75, 3.05) is 39.3 Å². The Morgan fingerprint density at radius 3 is 2.58 bits per heavy atom. The van der Waals surface area contributed by atoms with Gasteiger partial charge in [0.1, 0.15) is 5.82 Å². The van der Waals surface area contributed by atoms with Crippen LogP contribution in [0.5, 0.6) is 0 Å². The highest BCUT2D eigenvalue weighted by Crippen LogP contribution is 2.17. The van der Waals surface area contributed by atoms with Crippen molar-refractivity contribution in [1.82, 2.24) is 9.80 Å². The molecule has 0 atom stereocenters. The fraction of sp³-hybridized carbons (Fsp3) is 0.571. The molecule has 19 heavy (non-hydrogen) atoms. The summed E-state index contributed by atoms with van der Waals surface area (Å²) in [4.78, 5) is 4.63. The number of hydrogen-bond donors (Lipinski definition) is 1. The molecular weight excluding hydrogens is 311 g/mol. The van der Waals surface area contributed by atoms with E-state index in [1.165, 1.54) is 6.07 Å². The molecule has 0 spiro atoms. The zero-order valence-electron chi connectivity index (χ0n) is 11.0. The molecule has 1 aromatic carbocycles. The average Bonchev–Trinajstić information content (AvgIpc) is 2.54. The minimum absolute atomic E-state index is 0.193. The van der Waals surface area contributed by atoms with Crippen LogP contribution in [-0.4, -0.2) is 54.2 Å². The van der Waals surface area contributed by atoms with Crippen LogP contribution < -0.4 is 0 Å². The van der Waals surface area contributed by atoms with Gasteiger partial charge in [-0.3, -0.25) is 9.80 Å². The summed E-state index contributed by atoms with van der Waals surface area (Å²) in [6, 6.07) is 5.05. The van der Waals surface area contributed by atoms with E-state index in [2.05, 4.69) is 25.7 Å². The van der Waals surface area contributed by atoms with Crippen molar-refractivity contribution >= 4 is 15.9 Å². The Balaban J connectivity index is 1.92. The third kappa shape index (κ3) is 4.84. The predicted octanol–water partition coefficient (Wildman–Crippen LogP) is 2.09. The third-order valence-electron chi connectivity index (χ3n) is 3.43. The summed E-state index contributed by atoms with van der Waals surface area (Å²) < 4.78 is 14.1. The van der Waals surface area contributed by atoms with Crippen LogP contribution in [0.3, 0.4) is 0 Å². The van der Waals surface area contributed by atoms with Gasteiger partial charge in [-0.25, -0.2) is 4.39 Å². The number of hydrogen-bond acceptors (Lipinski definition) is 3. The van der Waals surface area contributed by atoms with Crippen molar-refractivity contribution in [3.05, 3.63) is 34.1 Å². The van der Waals surface area contributed by atoms with Gasteiger partial charge in [0.25, 0.3) is 0 Å². The Hall–Kier alpha value is -0.490. The van der Waals surface area contributed by atoms with Crippen LogP contribution in [0.1, 0.15) is 12.0 Å². The van der Waals surface area contributed by atoms with Crippen LogP contribution in [0, 0.1) is 5.82 Å². The summed E-state index contributed by atoms with van der Waals surface area (Å²) in [7, 11) is 0. The topological polar surface area (TPSA) is 26.7 Å². The first-order chi connectivity index (χ1) is 9.17. The highest BCUT2D eigenvalue weighted by molar-refractivity contribution is 9.10. The van der Waals surface area contributed by atoms with Crippen LogP contribution in [0.4, 0.5) is 4.39 Å². The van der Waals surface area contributed by atoms with Gasteiger partial charge >= 0.3 is 0 Å². The first-order valence-corrected chi connectivity index (χ1v) is 7.47. The van der Waals surface area contributed by atoms with E-state index in [-0.39, 0.29) is 12.4 Å². The Kier molecular flexibility index (Phi) is 5.76. The molecule has 1 heterocycles. The summed E-state index contributed by atoms with van der Waals surface area (Å²) >= 11 is 3.33. The second-order valence-corrected chi connectivity index (χ2v) is 5.89. The van der Waals surface area contributed by atoms with Gasteiger partial charge in [0.15, 0.2) is 0 Å². The van der Waals surface area contributed by atoms with Gasteiger partial charge in [-0.1, -0.05) is 15.9 Å². The lowest BCUT2D eigenvalue weighted by Gasteiger charge is -2.21. The summed E-state index contributed by atoms with van der Waals surface area (Å²) in [5.74, 6) is -0.193. The molecule has 1 aliphatic heterocycles. The zero-order chi connectivity index (χ0) is 13.7. The van der Waals surface area contributed by atoms with Crippen molar-refractivity contribution in [2.24, 2.45) is 0 Å². The summed E-state index contributed by atoms with van der Waals surface area (Å²) in [5.41, 5.74) is 1.00. The number of benzene rings is 1. The maximum Gasteiger partial charge on any atom is 0.124 e. The van der Waals surface area contributed by atoms with E-state index in [1.807, 2.05) is 6.07 Å². The lowest BCUT2D eigenvalue weighted by molar-refractivity contribution is 0.196. The number of aliphatic hydroxyl groups is 1. The van der Waals surface area contributed by atoms with Crippen LogP contribution in [0.25, 0.3) is 0 Å². The van der Waals surface area contributed by atoms with Gasteiger partial charge in [-0.2, -0.15) is 0 Å². The number of halogens is 2. The van der Waals surface area contributed by atoms with Gasteiger partial charge < -0.3 is 5.11 Å². The molecule has 1 saturated heterocycles. The average molecular weight is 331 g/mol. The number of β-amino-alcohol motifs (C(OH)–C–C–N with tert-alkyl or cyclic N) is 1. The first-order valence-electron chi connectivity index (χ1n) is 6.68. The lowest BCUT2D eigenvalue weighted by atomic mass is 10.2. The molecule has 0 aliphatic carbocycles. The van der Waals surface area contributed by atoms with Crippen LogP contribution >= 0.6 is 15.9 Å². The second-order valence-electron chi connectivity index (χ2n) is 4.97. The molecule has 106 valence electrons. The summed E-state index contributed by atoms with van der Waals surface area (Å²) in [6.45, 7) is 5.74. The highest BCUT2D eigenvalue weighted by atomic mass is 79.9. The molecule has 1 aromatic rings. The molecule has 0 radical (unpaired) electrons. The van der Waals surface area contributed by atoms with E-state index < -0.39 is 0 Å². The third-order valence-corrected chi connectivity index (χ3v) is 3.88. The quantitative estimate of drug-likeness (QED) is 0.915. The monoisotopic (exact) mass is 330 g/mol. The molecule has 0 aromatic heterocycles. The Morgan fingerprint density at radius 1 is 1.11 bits per heavy atom. The van der Waals surface area contributed by atoms with Crippen LogP contribution in [0.15, 0.2) is 22.7 Å². The maximum atomic E-state index is 13.3. The number of nitrogens with zero attached hydrogens (tertiary/aromatic N) is 2. The standard InChI is InChI=1S/C14H20BrFN2O/c15-13-8-12(9-14(16)10-13)11-18-3-1-2-17(4-5-18)6-7-19/h8-10,19H,1-7,11H2. The fourth-order valence-corrected chi connectivity index (χ4v) is 3.02. The Labute approximate surface area is 122 Å². The van der Waals surface area contributed by atoms with Crippen LogP contribution in [0.2, 0.25) is 0 Å². The minimum atomic E-state index is -0.193. The summed E-state index contributed by atoms with van der Waals surface area (Å²) in [5, 5.41) is 8.97. The molecule has 1 N–H and O–H groups in total. The maximum absolute atomic E-state index is 13.3. The molecule has 0 saturated carbocycles. The largest absolute Gasteiger partial charge is 0.395 e. The Bertz CT molecular complexity index is 396. The summed E-state index contributed by atoms with van der Waals surface area (Å²) in [6.07, 6.45) is 1.09. The van der Waals surface area contributed by atoms with Crippen molar-refractivity contribution < 1.29 is 9.50 Å². The first kappa shape index (κ1) is 14.9. The van der Waals surface area contributed by atoms with Crippen molar-refractivity contribution in [3.63, 3.8) is 0 Å². The molecule has 1 fully saturated rings. The van der Waals surface area contributed by atoms with E-state index >= 15 is 0 Å². The predicted molar refractivity (Wildman–Crippen MR) is 77.5 cm³/mol. The minimum Gasteiger partial charge on any atom is -0.395 e. The number of aliphatic hydroxyl groups excluding tert-OH is 1. The molecule has 1 aliphatic rings. The molecule has 0 unspecified atom stereocenters. The van der Waals surface area contributed by atoms with Gasteiger partial charge in [0, 0.05) is 30.7 Å². The molecular formula is C14H20BrFN2O. The van der Waals surface area contributed by atoms with Crippen molar-refractivity contribution in [1.29, 1.82) is 0 Å². The zero-order valence-corrected chi connectivity index (χ0v) is 12.6. The van der Waals surface area contributed by atoms with Crippen molar-refractivity contribution in [3.8, 4) is 0 Å². The molecule has 5 heteroatoms. The van der Waals surface area contributed by atoms with Crippen LogP contribution in [-0.2, 0) is 6.54 Å². The van der Waals surface area contributed by atoms with E-state index in [1.54, 1.807) is 6.07 Å². The van der Waals surface area contributed by atoms with Gasteiger partial charge in [-0.15, -0.1) is 0 Å². The van der Waals surface area contributed by atoms with Gasteiger partial charge in [0.05, 0.1) is 6.61 Å². The molecule has 3 nitrogen and oxygen atoms in total. The molecule has 2 rings (SSSR count). The molecule has 0 amide bonds. The highest BCUT2D eigenvalue weighted by Gasteiger charge is 2.14. The fourth-order valence-electron chi connectivity index (χ4n) is 2.51. The second kappa shape index (κ2) is 7.33.